The molecule has 2 aliphatic rings. The molecule has 0 aromatic heterocycles. The summed E-state index contributed by atoms with van der Waals surface area (Å²) in [7, 11) is 0. The minimum absolute atomic E-state index is 0.0224. The first-order chi connectivity index (χ1) is 14.6. The number of carboxylic acids is 1. The standard InChI is InChI=1S/C22H17BrF3NO4/c23-14-4-6-15(7-5-14)31-17-8-3-13(22(24,25)26)10-16(17)27-20(28)18-11-1-2-12(9-11)19(18)21(29)30/h1-8,10-12,18-19H,9H2,(H,27,28)(H,29,30). The molecule has 31 heavy (non-hydrogen) atoms. The van der Waals surface area contributed by atoms with Crippen LogP contribution >= 0.6 is 15.9 Å². The average Bonchev–Trinajstić information content (AvgIpc) is 3.31. The molecule has 4 unspecified atom stereocenters. The van der Waals surface area contributed by atoms with Crippen molar-refractivity contribution in [2.45, 2.75) is 12.6 Å². The van der Waals surface area contributed by atoms with Gasteiger partial charge in [-0.2, -0.15) is 13.2 Å². The molecule has 4 atom stereocenters. The van der Waals surface area contributed by atoms with Crippen molar-refractivity contribution in [3.05, 3.63) is 64.7 Å². The first-order valence-electron chi connectivity index (χ1n) is 9.50. The molecule has 5 nitrogen and oxygen atoms in total. The van der Waals surface area contributed by atoms with E-state index >= 15 is 0 Å². The molecular formula is C22H17BrF3NO4. The third kappa shape index (κ3) is 4.32. The van der Waals surface area contributed by atoms with Crippen molar-refractivity contribution < 1.29 is 32.6 Å². The zero-order chi connectivity index (χ0) is 22.3. The number of anilines is 1. The molecule has 162 valence electrons. The summed E-state index contributed by atoms with van der Waals surface area (Å²) in [5.41, 5.74) is -1.12. The van der Waals surface area contributed by atoms with Crippen molar-refractivity contribution in [3.63, 3.8) is 0 Å². The summed E-state index contributed by atoms with van der Waals surface area (Å²) in [5.74, 6) is -3.61. The highest BCUT2D eigenvalue weighted by Crippen LogP contribution is 2.49. The minimum atomic E-state index is -4.62. The van der Waals surface area contributed by atoms with E-state index < -0.39 is 35.5 Å². The summed E-state index contributed by atoms with van der Waals surface area (Å²) in [6, 6.07) is 9.45. The van der Waals surface area contributed by atoms with Crippen LogP contribution in [-0.2, 0) is 15.8 Å². The van der Waals surface area contributed by atoms with Gasteiger partial charge in [-0.05, 0) is 60.7 Å². The fourth-order valence-corrected chi connectivity index (χ4v) is 4.52. The van der Waals surface area contributed by atoms with Crippen molar-refractivity contribution in [2.24, 2.45) is 23.7 Å². The number of carbonyl (C=O) groups is 2. The maximum atomic E-state index is 13.3. The Morgan fingerprint density at radius 3 is 2.29 bits per heavy atom. The fraction of sp³-hybridized carbons (Fsp3) is 0.273. The number of carboxylic acid groups (broad SMARTS) is 1. The summed E-state index contributed by atoms with van der Waals surface area (Å²) >= 11 is 3.29. The Balaban J connectivity index is 1.65. The van der Waals surface area contributed by atoms with Gasteiger partial charge in [0.2, 0.25) is 5.91 Å². The predicted molar refractivity (Wildman–Crippen MR) is 110 cm³/mol. The molecule has 2 aliphatic carbocycles. The summed E-state index contributed by atoms with van der Waals surface area (Å²) in [5, 5.41) is 12.0. The molecule has 2 N–H and O–H groups in total. The molecule has 2 aromatic carbocycles. The van der Waals surface area contributed by atoms with E-state index in [1.54, 1.807) is 36.4 Å². The third-order valence-electron chi connectivity index (χ3n) is 5.65. The van der Waals surface area contributed by atoms with Crippen molar-refractivity contribution >= 4 is 33.5 Å². The second-order valence-corrected chi connectivity index (χ2v) is 8.51. The van der Waals surface area contributed by atoms with Gasteiger partial charge in [0.15, 0.2) is 5.75 Å². The number of ether oxygens (including phenoxy) is 1. The number of alkyl halides is 3. The molecule has 1 fully saturated rings. The summed E-state index contributed by atoms with van der Waals surface area (Å²) in [6.45, 7) is 0. The molecule has 0 heterocycles. The van der Waals surface area contributed by atoms with Crippen molar-refractivity contribution in [2.75, 3.05) is 5.32 Å². The lowest BCUT2D eigenvalue weighted by Gasteiger charge is -2.24. The number of hydrogen-bond acceptors (Lipinski definition) is 3. The van der Waals surface area contributed by atoms with Crippen molar-refractivity contribution in [3.8, 4) is 11.5 Å². The molecule has 2 bridgehead atoms. The molecule has 0 radical (unpaired) electrons. The van der Waals surface area contributed by atoms with Gasteiger partial charge in [-0.25, -0.2) is 0 Å². The number of aliphatic carboxylic acids is 1. The Bertz CT molecular complexity index is 1050. The number of amides is 1. The van der Waals surface area contributed by atoms with Gasteiger partial charge in [-0.1, -0.05) is 28.1 Å². The SMILES string of the molecule is O=C(O)C1C2C=CC(C2)C1C(=O)Nc1cc(C(F)(F)F)ccc1Oc1ccc(Br)cc1. The lowest BCUT2D eigenvalue weighted by atomic mass is 9.82. The van der Waals surface area contributed by atoms with Gasteiger partial charge in [-0.3, -0.25) is 9.59 Å². The average molecular weight is 496 g/mol. The Hall–Kier alpha value is -2.81. The van der Waals surface area contributed by atoms with Crippen LogP contribution in [0.15, 0.2) is 59.1 Å². The Kier molecular flexibility index (Phi) is 5.55. The first-order valence-corrected chi connectivity index (χ1v) is 10.3. The molecule has 0 aliphatic heterocycles. The third-order valence-corrected chi connectivity index (χ3v) is 6.18. The molecule has 2 aromatic rings. The summed E-state index contributed by atoms with van der Waals surface area (Å²) < 4.78 is 46.3. The molecule has 4 rings (SSSR count). The quantitative estimate of drug-likeness (QED) is 0.520. The molecule has 0 spiro atoms. The Morgan fingerprint density at radius 1 is 1.03 bits per heavy atom. The fourth-order valence-electron chi connectivity index (χ4n) is 4.26. The zero-order valence-electron chi connectivity index (χ0n) is 15.9. The molecule has 9 heteroatoms. The lowest BCUT2D eigenvalue weighted by Crippen LogP contribution is -2.36. The Morgan fingerprint density at radius 2 is 1.68 bits per heavy atom. The highest BCUT2D eigenvalue weighted by Gasteiger charge is 2.51. The molecule has 1 amide bonds. The van der Waals surface area contributed by atoms with E-state index in [0.29, 0.717) is 12.2 Å². The number of carbonyl (C=O) groups excluding carboxylic acids is 1. The van der Waals surface area contributed by atoms with Gasteiger partial charge in [0.25, 0.3) is 0 Å². The van der Waals surface area contributed by atoms with Crippen LogP contribution in [0.5, 0.6) is 11.5 Å². The van der Waals surface area contributed by atoms with Crippen LogP contribution in [0.4, 0.5) is 18.9 Å². The first kappa shape index (κ1) is 21.4. The maximum Gasteiger partial charge on any atom is 0.416 e. The van der Waals surface area contributed by atoms with E-state index in [1.165, 1.54) is 0 Å². The van der Waals surface area contributed by atoms with E-state index in [2.05, 4.69) is 21.2 Å². The van der Waals surface area contributed by atoms with Crippen LogP contribution in [0, 0.1) is 23.7 Å². The van der Waals surface area contributed by atoms with Gasteiger partial charge >= 0.3 is 12.1 Å². The smallest absolute Gasteiger partial charge is 0.416 e. The highest BCUT2D eigenvalue weighted by atomic mass is 79.9. The highest BCUT2D eigenvalue weighted by molar-refractivity contribution is 9.10. The van der Waals surface area contributed by atoms with E-state index in [-0.39, 0.29) is 23.3 Å². The van der Waals surface area contributed by atoms with Gasteiger partial charge in [0.05, 0.1) is 23.1 Å². The maximum absolute atomic E-state index is 13.3. The van der Waals surface area contributed by atoms with Gasteiger partial charge in [0.1, 0.15) is 5.75 Å². The Labute approximate surface area is 184 Å². The number of halogens is 4. The van der Waals surface area contributed by atoms with E-state index in [4.69, 9.17) is 4.74 Å². The number of rotatable bonds is 5. The van der Waals surface area contributed by atoms with Crippen LogP contribution in [0.25, 0.3) is 0 Å². The largest absolute Gasteiger partial charge is 0.481 e. The van der Waals surface area contributed by atoms with Gasteiger partial charge in [-0.15, -0.1) is 0 Å². The normalized spacial score (nSPS) is 24.3. The van der Waals surface area contributed by atoms with Crippen LogP contribution in [0.2, 0.25) is 0 Å². The van der Waals surface area contributed by atoms with E-state index in [9.17, 15) is 27.9 Å². The minimum Gasteiger partial charge on any atom is -0.481 e. The number of fused-ring (bicyclic) bond motifs is 2. The van der Waals surface area contributed by atoms with Crippen LogP contribution in [0.1, 0.15) is 12.0 Å². The van der Waals surface area contributed by atoms with Crippen LogP contribution in [0.3, 0.4) is 0 Å². The molecular weight excluding hydrogens is 479 g/mol. The second kappa shape index (κ2) is 8.03. The molecule has 0 saturated heterocycles. The summed E-state index contributed by atoms with van der Waals surface area (Å²) in [6.07, 6.45) is -0.479. The van der Waals surface area contributed by atoms with Gasteiger partial charge in [0, 0.05) is 4.47 Å². The van der Waals surface area contributed by atoms with Crippen LogP contribution in [-0.4, -0.2) is 17.0 Å². The predicted octanol–water partition coefficient (Wildman–Crippen LogP) is 5.72. The number of hydrogen-bond donors (Lipinski definition) is 2. The molecule has 1 saturated carbocycles. The lowest BCUT2D eigenvalue weighted by molar-refractivity contribution is -0.146. The zero-order valence-corrected chi connectivity index (χ0v) is 17.5. The topological polar surface area (TPSA) is 75.6 Å². The van der Waals surface area contributed by atoms with E-state index in [0.717, 1.165) is 22.7 Å². The van der Waals surface area contributed by atoms with Crippen LogP contribution < -0.4 is 10.1 Å². The number of benzene rings is 2. The second-order valence-electron chi connectivity index (χ2n) is 7.59. The number of nitrogens with one attached hydrogen (secondary N) is 1. The van der Waals surface area contributed by atoms with Crippen molar-refractivity contribution in [1.29, 1.82) is 0 Å². The number of allylic oxidation sites excluding steroid dienone is 2. The van der Waals surface area contributed by atoms with E-state index in [1.807, 2.05) is 0 Å². The van der Waals surface area contributed by atoms with Crippen molar-refractivity contribution in [1.82, 2.24) is 0 Å². The summed E-state index contributed by atoms with van der Waals surface area (Å²) in [4.78, 5) is 24.7. The van der Waals surface area contributed by atoms with Gasteiger partial charge < -0.3 is 15.2 Å². The monoisotopic (exact) mass is 495 g/mol.